The monoisotopic (exact) mass is 350 g/mol. The maximum Gasteiger partial charge on any atom is 0.337 e. The Balaban J connectivity index is 1.98. The van der Waals surface area contributed by atoms with Gasteiger partial charge in [0.2, 0.25) is 0 Å². The van der Waals surface area contributed by atoms with Crippen LogP contribution in [0.1, 0.15) is 72.0 Å². The quantitative estimate of drug-likeness (QED) is 0.583. The van der Waals surface area contributed by atoms with Crippen molar-refractivity contribution < 1.29 is 14.3 Å². The Kier molecular flexibility index (Phi) is 4.30. The molecule has 3 rings (SSSR count). The van der Waals surface area contributed by atoms with Crippen LogP contribution in [0.4, 0.5) is 0 Å². The second kappa shape index (κ2) is 6.08. The van der Waals surface area contributed by atoms with Crippen LogP contribution in [0, 0.1) is 5.92 Å². The molecule has 26 heavy (non-hydrogen) atoms. The number of benzene rings is 2. The predicted molar refractivity (Wildman–Crippen MR) is 103 cm³/mol. The molecular weight excluding hydrogens is 324 g/mol. The van der Waals surface area contributed by atoms with Crippen molar-refractivity contribution in [2.24, 2.45) is 5.92 Å². The lowest BCUT2D eigenvalue weighted by atomic mass is 9.71. The van der Waals surface area contributed by atoms with E-state index < -0.39 is 5.97 Å². The number of hydrogen-bond acceptors (Lipinski definition) is 3. The molecule has 0 saturated heterocycles. The molecule has 1 atom stereocenters. The summed E-state index contributed by atoms with van der Waals surface area (Å²) in [6, 6.07) is 12.7. The highest BCUT2D eigenvalue weighted by Gasteiger charge is 2.48. The maximum atomic E-state index is 12.9. The third-order valence-corrected chi connectivity index (χ3v) is 6.40. The van der Waals surface area contributed by atoms with E-state index >= 15 is 0 Å². The summed E-state index contributed by atoms with van der Waals surface area (Å²) in [5.41, 5.74) is 4.38. The van der Waals surface area contributed by atoms with E-state index in [2.05, 4.69) is 46.8 Å². The van der Waals surface area contributed by atoms with E-state index in [1.54, 1.807) is 24.3 Å². The van der Waals surface area contributed by atoms with Gasteiger partial charge in [0.25, 0.3) is 0 Å². The van der Waals surface area contributed by atoms with Gasteiger partial charge in [-0.2, -0.15) is 0 Å². The van der Waals surface area contributed by atoms with Gasteiger partial charge in [-0.25, -0.2) is 4.79 Å². The van der Waals surface area contributed by atoms with Crippen LogP contribution in [0.15, 0.2) is 42.5 Å². The molecule has 0 fully saturated rings. The minimum absolute atomic E-state index is 0.0177. The summed E-state index contributed by atoms with van der Waals surface area (Å²) in [6.45, 7) is 11.3. The Morgan fingerprint density at radius 3 is 1.88 bits per heavy atom. The van der Waals surface area contributed by atoms with Gasteiger partial charge in [0.05, 0.1) is 12.7 Å². The molecule has 1 unspecified atom stereocenters. The number of carbonyl (C=O) groups excluding carboxylic acids is 2. The Bertz CT molecular complexity index is 873. The van der Waals surface area contributed by atoms with Gasteiger partial charge >= 0.3 is 5.97 Å². The molecule has 3 heteroatoms. The predicted octanol–water partition coefficient (Wildman–Crippen LogP) is 4.91. The molecule has 0 spiro atoms. The zero-order chi connectivity index (χ0) is 19.3. The molecule has 1 aliphatic carbocycles. The van der Waals surface area contributed by atoms with Gasteiger partial charge in [-0.05, 0) is 46.1 Å². The van der Waals surface area contributed by atoms with Crippen molar-refractivity contribution in [3.8, 4) is 0 Å². The first-order valence-corrected chi connectivity index (χ1v) is 8.98. The fourth-order valence-corrected chi connectivity index (χ4v) is 4.19. The molecule has 0 aliphatic heterocycles. The molecule has 0 aromatic heterocycles. The smallest absolute Gasteiger partial charge is 0.337 e. The molecule has 136 valence electrons. The van der Waals surface area contributed by atoms with Gasteiger partial charge in [-0.1, -0.05) is 58.9 Å². The van der Waals surface area contributed by atoms with Crippen LogP contribution < -0.4 is 0 Å². The number of methoxy groups -OCH3 is 1. The van der Waals surface area contributed by atoms with Gasteiger partial charge in [-0.3, -0.25) is 4.79 Å². The minimum Gasteiger partial charge on any atom is -0.465 e. The average molecular weight is 350 g/mol. The van der Waals surface area contributed by atoms with Crippen LogP contribution in [0.25, 0.3) is 0 Å². The number of carbonyl (C=O) groups is 2. The first-order valence-electron chi connectivity index (χ1n) is 8.98. The third kappa shape index (κ3) is 2.66. The van der Waals surface area contributed by atoms with Crippen molar-refractivity contribution in [2.75, 3.05) is 7.11 Å². The standard InChI is InChI=1S/C23H26O3/c1-14-22(2,3)18-12-11-17(13-19(18)23(14,4)5)20(24)15-7-9-16(10-8-15)21(25)26-6/h7-14H,1-6H3. The number of hydrogen-bond donors (Lipinski definition) is 0. The van der Waals surface area contributed by atoms with Crippen LogP contribution >= 0.6 is 0 Å². The number of fused-ring (bicyclic) bond motifs is 1. The van der Waals surface area contributed by atoms with Crippen molar-refractivity contribution in [2.45, 2.75) is 45.4 Å². The van der Waals surface area contributed by atoms with Gasteiger partial charge in [0.1, 0.15) is 0 Å². The molecule has 0 N–H and O–H groups in total. The Hall–Kier alpha value is -2.42. The second-order valence-corrected chi connectivity index (χ2v) is 8.32. The van der Waals surface area contributed by atoms with E-state index in [0.29, 0.717) is 22.6 Å². The van der Waals surface area contributed by atoms with Crippen LogP contribution in [0.2, 0.25) is 0 Å². The fourth-order valence-electron chi connectivity index (χ4n) is 4.19. The Morgan fingerprint density at radius 1 is 0.808 bits per heavy atom. The number of rotatable bonds is 3. The summed E-state index contributed by atoms with van der Waals surface area (Å²) in [4.78, 5) is 24.5. The summed E-state index contributed by atoms with van der Waals surface area (Å²) in [6.07, 6.45) is 0. The van der Waals surface area contributed by atoms with Crippen molar-refractivity contribution in [3.63, 3.8) is 0 Å². The van der Waals surface area contributed by atoms with E-state index in [4.69, 9.17) is 4.74 Å². The van der Waals surface area contributed by atoms with Crippen molar-refractivity contribution in [1.29, 1.82) is 0 Å². The van der Waals surface area contributed by atoms with Crippen LogP contribution in [-0.2, 0) is 15.6 Å². The van der Waals surface area contributed by atoms with Gasteiger partial charge in [-0.15, -0.1) is 0 Å². The summed E-state index contributed by atoms with van der Waals surface area (Å²) in [5.74, 6) is 0.0477. The fraction of sp³-hybridized carbons (Fsp3) is 0.391. The van der Waals surface area contributed by atoms with E-state index in [9.17, 15) is 9.59 Å². The number of esters is 1. The lowest BCUT2D eigenvalue weighted by molar-refractivity contribution is 0.0600. The summed E-state index contributed by atoms with van der Waals surface area (Å²) >= 11 is 0. The summed E-state index contributed by atoms with van der Waals surface area (Å²) in [7, 11) is 1.34. The third-order valence-electron chi connectivity index (χ3n) is 6.40. The van der Waals surface area contributed by atoms with E-state index in [0.717, 1.165) is 0 Å². The highest BCUT2D eigenvalue weighted by atomic mass is 16.5. The van der Waals surface area contributed by atoms with Crippen molar-refractivity contribution in [1.82, 2.24) is 0 Å². The zero-order valence-electron chi connectivity index (χ0n) is 16.3. The molecular formula is C23H26O3. The minimum atomic E-state index is -0.403. The van der Waals surface area contributed by atoms with E-state index in [1.807, 2.05) is 6.07 Å². The lowest BCUT2D eigenvalue weighted by Gasteiger charge is -2.32. The Labute approximate surface area is 155 Å². The summed E-state index contributed by atoms with van der Waals surface area (Å²) < 4.78 is 4.70. The molecule has 3 nitrogen and oxygen atoms in total. The average Bonchev–Trinajstić information content (AvgIpc) is 2.78. The lowest BCUT2D eigenvalue weighted by Crippen LogP contribution is -2.30. The topological polar surface area (TPSA) is 43.4 Å². The molecule has 0 heterocycles. The van der Waals surface area contributed by atoms with Crippen LogP contribution in [-0.4, -0.2) is 18.9 Å². The normalized spacial score (nSPS) is 19.7. The highest BCUT2D eigenvalue weighted by Crippen LogP contribution is 2.53. The molecule has 2 aromatic carbocycles. The van der Waals surface area contributed by atoms with E-state index in [-0.39, 0.29) is 16.6 Å². The Morgan fingerprint density at radius 2 is 1.31 bits per heavy atom. The second-order valence-electron chi connectivity index (χ2n) is 8.32. The highest BCUT2D eigenvalue weighted by molar-refractivity contribution is 6.09. The molecule has 1 aliphatic rings. The van der Waals surface area contributed by atoms with Crippen molar-refractivity contribution in [3.05, 3.63) is 70.3 Å². The van der Waals surface area contributed by atoms with Gasteiger partial charge in [0, 0.05) is 11.1 Å². The maximum absolute atomic E-state index is 12.9. The zero-order valence-corrected chi connectivity index (χ0v) is 16.3. The van der Waals surface area contributed by atoms with Gasteiger partial charge in [0.15, 0.2) is 5.78 Å². The van der Waals surface area contributed by atoms with Crippen LogP contribution in [0.3, 0.4) is 0 Å². The van der Waals surface area contributed by atoms with Gasteiger partial charge < -0.3 is 4.74 Å². The molecule has 2 aromatic rings. The van der Waals surface area contributed by atoms with Crippen molar-refractivity contribution >= 4 is 11.8 Å². The molecule has 0 saturated carbocycles. The molecule has 0 bridgehead atoms. The first-order chi connectivity index (χ1) is 12.1. The molecule has 0 radical (unpaired) electrons. The summed E-state index contributed by atoms with van der Waals surface area (Å²) in [5, 5.41) is 0. The number of ether oxygens (including phenoxy) is 1. The molecule has 0 amide bonds. The number of ketones is 1. The van der Waals surface area contributed by atoms with Crippen LogP contribution in [0.5, 0.6) is 0 Å². The van der Waals surface area contributed by atoms with E-state index in [1.165, 1.54) is 18.2 Å². The SMILES string of the molecule is COC(=O)c1ccc(C(=O)c2ccc3c(c2)C(C)(C)C(C)C3(C)C)cc1. The first kappa shape index (κ1) is 18.4. The largest absolute Gasteiger partial charge is 0.465 e.